The summed E-state index contributed by atoms with van der Waals surface area (Å²) in [6, 6.07) is 26.0. The fourth-order valence-electron chi connectivity index (χ4n) is 5.92. The SMILES string of the molecule is COc1ccc(S(=O)(=O)N(CC(=O)N(Cc2ccccc2Cl)C(Cc2ccccc2)C(=O)NC2CCCCC2)c2ccc(F)cc2)cc1. The second-order valence-corrected chi connectivity index (χ2v) is 14.1. The molecule has 1 atom stereocenters. The van der Waals surface area contributed by atoms with Gasteiger partial charge in [0.1, 0.15) is 24.2 Å². The van der Waals surface area contributed by atoms with E-state index in [9.17, 15) is 22.4 Å². The van der Waals surface area contributed by atoms with Gasteiger partial charge in [-0.3, -0.25) is 13.9 Å². The number of anilines is 1. The predicted octanol–water partition coefficient (Wildman–Crippen LogP) is 6.77. The number of halogens is 2. The molecular weight excluding hydrogens is 653 g/mol. The number of nitrogens with zero attached hydrogens (tertiary/aromatic N) is 2. The van der Waals surface area contributed by atoms with Gasteiger partial charge in [0.25, 0.3) is 10.0 Å². The number of methoxy groups -OCH3 is 1. The smallest absolute Gasteiger partial charge is 0.264 e. The van der Waals surface area contributed by atoms with Crippen molar-refractivity contribution < 1.29 is 27.1 Å². The van der Waals surface area contributed by atoms with Crippen molar-refractivity contribution in [2.75, 3.05) is 18.0 Å². The highest BCUT2D eigenvalue weighted by Crippen LogP contribution is 2.28. The molecule has 252 valence electrons. The van der Waals surface area contributed by atoms with Gasteiger partial charge in [-0.25, -0.2) is 12.8 Å². The predicted molar refractivity (Wildman–Crippen MR) is 185 cm³/mol. The van der Waals surface area contributed by atoms with Gasteiger partial charge in [-0.2, -0.15) is 0 Å². The molecule has 4 aromatic carbocycles. The summed E-state index contributed by atoms with van der Waals surface area (Å²) in [6.45, 7) is -0.708. The van der Waals surface area contributed by atoms with Crippen molar-refractivity contribution >= 4 is 39.1 Å². The number of hydrogen-bond donors (Lipinski definition) is 1. The van der Waals surface area contributed by atoms with Gasteiger partial charge < -0.3 is 15.0 Å². The summed E-state index contributed by atoms with van der Waals surface area (Å²) >= 11 is 6.58. The number of benzene rings is 4. The normalized spacial score (nSPS) is 14.1. The summed E-state index contributed by atoms with van der Waals surface area (Å²) in [5, 5.41) is 3.59. The van der Waals surface area contributed by atoms with Crippen molar-refractivity contribution in [1.82, 2.24) is 10.2 Å². The van der Waals surface area contributed by atoms with E-state index in [1.54, 1.807) is 24.3 Å². The van der Waals surface area contributed by atoms with E-state index >= 15 is 0 Å². The van der Waals surface area contributed by atoms with Gasteiger partial charge in [0.05, 0.1) is 17.7 Å². The van der Waals surface area contributed by atoms with Crippen molar-refractivity contribution in [2.45, 2.75) is 62.0 Å². The number of carbonyl (C=O) groups is 2. The Balaban J connectivity index is 1.56. The molecule has 0 bridgehead atoms. The van der Waals surface area contributed by atoms with E-state index in [4.69, 9.17) is 16.3 Å². The molecule has 48 heavy (non-hydrogen) atoms. The molecule has 8 nitrogen and oxygen atoms in total. The minimum atomic E-state index is -4.35. The fourth-order valence-corrected chi connectivity index (χ4v) is 7.53. The lowest BCUT2D eigenvalue weighted by atomic mass is 9.94. The van der Waals surface area contributed by atoms with Crippen LogP contribution in [0.4, 0.5) is 10.1 Å². The average Bonchev–Trinajstić information content (AvgIpc) is 3.10. The minimum Gasteiger partial charge on any atom is -0.497 e. The molecule has 4 aromatic rings. The molecule has 11 heteroatoms. The van der Waals surface area contributed by atoms with Gasteiger partial charge in [-0.15, -0.1) is 0 Å². The zero-order valence-corrected chi connectivity index (χ0v) is 28.3. The maximum absolute atomic E-state index is 14.6. The second-order valence-electron chi connectivity index (χ2n) is 11.8. The summed E-state index contributed by atoms with van der Waals surface area (Å²) in [5.74, 6) is -1.06. The topological polar surface area (TPSA) is 96.0 Å². The van der Waals surface area contributed by atoms with Crippen LogP contribution in [0.3, 0.4) is 0 Å². The standard InChI is InChI=1S/C37H39ClFN3O5S/c1-47-32-20-22-33(23-21-32)48(45,46)42(31-18-16-29(39)17-19-31)26-36(43)41(25-28-12-8-9-15-34(28)38)35(24-27-10-4-2-5-11-27)37(44)40-30-13-6-3-7-14-30/h2,4-5,8-12,15-23,30,35H,3,6-7,13-14,24-26H2,1H3,(H,40,44). The molecule has 1 saturated carbocycles. The monoisotopic (exact) mass is 691 g/mol. The quantitative estimate of drug-likeness (QED) is 0.167. The molecule has 0 aromatic heterocycles. The lowest BCUT2D eigenvalue weighted by Crippen LogP contribution is -2.55. The van der Waals surface area contributed by atoms with E-state index in [0.29, 0.717) is 16.3 Å². The molecular formula is C37H39ClFN3O5S. The number of rotatable bonds is 13. The first-order chi connectivity index (χ1) is 23.2. The van der Waals surface area contributed by atoms with Crippen molar-refractivity contribution in [1.29, 1.82) is 0 Å². The van der Waals surface area contributed by atoms with Gasteiger partial charge in [0.2, 0.25) is 11.8 Å². The highest BCUT2D eigenvalue weighted by atomic mass is 35.5. The molecule has 0 radical (unpaired) electrons. The number of nitrogens with one attached hydrogen (secondary N) is 1. The van der Waals surface area contributed by atoms with Gasteiger partial charge in [-0.05, 0) is 78.6 Å². The van der Waals surface area contributed by atoms with Crippen molar-refractivity contribution in [3.63, 3.8) is 0 Å². The van der Waals surface area contributed by atoms with Crippen molar-refractivity contribution in [2.24, 2.45) is 0 Å². The maximum atomic E-state index is 14.6. The molecule has 1 N–H and O–H groups in total. The van der Waals surface area contributed by atoms with Crippen LogP contribution in [0.15, 0.2) is 108 Å². The first kappa shape index (κ1) is 34.9. The number of hydrogen-bond acceptors (Lipinski definition) is 5. The zero-order valence-electron chi connectivity index (χ0n) is 26.7. The van der Waals surface area contributed by atoms with E-state index in [1.165, 1.54) is 48.4 Å². The summed E-state index contributed by atoms with van der Waals surface area (Å²) in [6.07, 6.45) is 5.01. The summed E-state index contributed by atoms with van der Waals surface area (Å²) in [7, 11) is -2.88. The number of ether oxygens (including phenoxy) is 1. The van der Waals surface area contributed by atoms with Crippen LogP contribution in [0, 0.1) is 5.82 Å². The van der Waals surface area contributed by atoms with Crippen LogP contribution in [0.25, 0.3) is 0 Å². The van der Waals surface area contributed by atoms with Crippen LogP contribution in [-0.4, -0.2) is 50.9 Å². The lowest BCUT2D eigenvalue weighted by molar-refractivity contribution is -0.140. The van der Waals surface area contributed by atoms with Crippen molar-refractivity contribution in [3.05, 3.63) is 125 Å². The fraction of sp³-hybridized carbons (Fsp3) is 0.297. The lowest BCUT2D eigenvalue weighted by Gasteiger charge is -2.35. The largest absolute Gasteiger partial charge is 0.497 e. The molecule has 0 heterocycles. The third-order valence-electron chi connectivity index (χ3n) is 8.56. The van der Waals surface area contributed by atoms with E-state index < -0.39 is 34.3 Å². The first-order valence-electron chi connectivity index (χ1n) is 16.0. The molecule has 2 amide bonds. The minimum absolute atomic E-state index is 0.0204. The summed E-state index contributed by atoms with van der Waals surface area (Å²) in [4.78, 5) is 30.1. The highest BCUT2D eigenvalue weighted by Gasteiger charge is 2.35. The Hall–Kier alpha value is -4.41. The third-order valence-corrected chi connectivity index (χ3v) is 10.7. The highest BCUT2D eigenvalue weighted by molar-refractivity contribution is 7.92. The van der Waals surface area contributed by atoms with Crippen molar-refractivity contribution in [3.8, 4) is 5.75 Å². The van der Waals surface area contributed by atoms with Crippen LogP contribution in [0.5, 0.6) is 5.75 Å². The molecule has 1 unspecified atom stereocenters. The van der Waals surface area contributed by atoms with E-state index in [0.717, 1.165) is 54.1 Å². The first-order valence-corrected chi connectivity index (χ1v) is 17.8. The van der Waals surface area contributed by atoms with Crippen LogP contribution in [0.1, 0.15) is 43.2 Å². The van der Waals surface area contributed by atoms with E-state index in [2.05, 4.69) is 5.32 Å². The van der Waals surface area contributed by atoms with Gasteiger partial charge >= 0.3 is 0 Å². The molecule has 0 aliphatic heterocycles. The van der Waals surface area contributed by atoms with Gasteiger partial charge in [-0.1, -0.05) is 79.4 Å². The summed E-state index contributed by atoms with van der Waals surface area (Å²) < 4.78 is 48.5. The molecule has 0 spiro atoms. The second kappa shape index (κ2) is 16.1. The maximum Gasteiger partial charge on any atom is 0.264 e. The van der Waals surface area contributed by atoms with E-state index in [-0.39, 0.29) is 35.5 Å². The average molecular weight is 692 g/mol. The van der Waals surface area contributed by atoms with Gasteiger partial charge in [0, 0.05) is 24.0 Å². The van der Waals surface area contributed by atoms with Crippen LogP contribution < -0.4 is 14.4 Å². The number of amides is 2. The molecule has 1 fully saturated rings. The van der Waals surface area contributed by atoms with Crippen LogP contribution in [0.2, 0.25) is 5.02 Å². The Kier molecular flexibility index (Phi) is 11.7. The van der Waals surface area contributed by atoms with Crippen LogP contribution in [-0.2, 0) is 32.6 Å². The molecule has 5 rings (SSSR count). The Labute approximate surface area is 286 Å². The molecule has 1 aliphatic rings. The zero-order chi connectivity index (χ0) is 34.1. The third kappa shape index (κ3) is 8.73. The van der Waals surface area contributed by atoms with Crippen LogP contribution >= 0.6 is 11.6 Å². The Morgan fingerprint density at radius 3 is 2.19 bits per heavy atom. The Morgan fingerprint density at radius 1 is 0.896 bits per heavy atom. The summed E-state index contributed by atoms with van der Waals surface area (Å²) in [5.41, 5.74) is 1.52. The Bertz CT molecular complexity index is 1780. The Morgan fingerprint density at radius 2 is 1.54 bits per heavy atom. The molecule has 0 saturated heterocycles. The number of carbonyl (C=O) groups excluding carboxylic acids is 2. The number of sulfonamides is 1. The van der Waals surface area contributed by atoms with Gasteiger partial charge in [0.15, 0.2) is 0 Å². The van der Waals surface area contributed by atoms with E-state index in [1.807, 2.05) is 30.3 Å². The molecule has 1 aliphatic carbocycles.